The molecule has 1 atom stereocenters. The summed E-state index contributed by atoms with van der Waals surface area (Å²) in [4.78, 5) is 0. The second kappa shape index (κ2) is 6.43. The van der Waals surface area contributed by atoms with Crippen LogP contribution in [0.5, 0.6) is 0 Å². The van der Waals surface area contributed by atoms with Gasteiger partial charge in [0.2, 0.25) is 0 Å². The second-order valence-corrected chi connectivity index (χ2v) is 3.54. The predicted molar refractivity (Wildman–Crippen MR) is 62.2 cm³/mol. The molecule has 0 aromatic heterocycles. The summed E-state index contributed by atoms with van der Waals surface area (Å²) < 4.78 is 4.84. The molecule has 15 heavy (non-hydrogen) atoms. The van der Waals surface area contributed by atoms with Gasteiger partial charge in [0.05, 0.1) is 12.7 Å². The molecule has 1 aromatic rings. The molecule has 0 saturated carbocycles. The molecule has 1 aromatic carbocycles. The highest BCUT2D eigenvalue weighted by molar-refractivity contribution is 5.44. The summed E-state index contributed by atoms with van der Waals surface area (Å²) >= 11 is 0. The Balaban J connectivity index is 2.37. The summed E-state index contributed by atoms with van der Waals surface area (Å²) in [7, 11) is 1.58. The zero-order chi connectivity index (χ0) is 11.1. The van der Waals surface area contributed by atoms with Gasteiger partial charge in [-0.2, -0.15) is 0 Å². The molecule has 0 bridgehead atoms. The molecule has 0 aliphatic carbocycles. The molecule has 1 rings (SSSR count). The Morgan fingerprint density at radius 3 is 2.53 bits per heavy atom. The topological polar surface area (TPSA) is 41.5 Å². The van der Waals surface area contributed by atoms with Crippen LogP contribution in [0.25, 0.3) is 0 Å². The maximum Gasteiger partial charge on any atom is 0.0945 e. The third-order valence-corrected chi connectivity index (χ3v) is 2.26. The van der Waals surface area contributed by atoms with Gasteiger partial charge in [-0.25, -0.2) is 0 Å². The van der Waals surface area contributed by atoms with Crippen LogP contribution in [-0.4, -0.2) is 31.5 Å². The van der Waals surface area contributed by atoms with Crippen molar-refractivity contribution in [1.29, 1.82) is 0 Å². The van der Waals surface area contributed by atoms with Crippen LogP contribution in [0.3, 0.4) is 0 Å². The number of hydrogen-bond donors (Lipinski definition) is 2. The Morgan fingerprint density at radius 2 is 2.00 bits per heavy atom. The second-order valence-electron chi connectivity index (χ2n) is 3.54. The minimum Gasteiger partial charge on any atom is -0.389 e. The van der Waals surface area contributed by atoms with Crippen molar-refractivity contribution in [2.75, 3.05) is 25.6 Å². The number of nitrogens with one attached hydrogen (secondary N) is 1. The Hall–Kier alpha value is -1.06. The zero-order valence-corrected chi connectivity index (χ0v) is 9.36. The number of hydrogen-bond acceptors (Lipinski definition) is 3. The van der Waals surface area contributed by atoms with Crippen molar-refractivity contribution in [3.8, 4) is 0 Å². The number of aryl methyl sites for hydroxylation is 1. The minimum absolute atomic E-state index is 0.361. The molecule has 2 N–H and O–H groups in total. The summed E-state index contributed by atoms with van der Waals surface area (Å²) in [5, 5.41) is 12.6. The Bertz CT molecular complexity index is 271. The molecule has 0 amide bonds. The van der Waals surface area contributed by atoms with Crippen LogP contribution < -0.4 is 5.32 Å². The lowest BCUT2D eigenvalue weighted by Gasteiger charge is -2.11. The van der Waals surface area contributed by atoms with E-state index in [1.54, 1.807) is 7.11 Å². The molecule has 3 nitrogen and oxygen atoms in total. The molecule has 3 heteroatoms. The number of rotatable bonds is 6. The van der Waals surface area contributed by atoms with Crippen LogP contribution >= 0.6 is 0 Å². The number of methoxy groups -OCH3 is 1. The van der Waals surface area contributed by atoms with Crippen molar-refractivity contribution in [1.82, 2.24) is 0 Å². The third kappa shape index (κ3) is 4.32. The third-order valence-electron chi connectivity index (χ3n) is 2.26. The van der Waals surface area contributed by atoms with Crippen molar-refractivity contribution >= 4 is 5.69 Å². The average molecular weight is 209 g/mol. The van der Waals surface area contributed by atoms with E-state index in [-0.39, 0.29) is 0 Å². The smallest absolute Gasteiger partial charge is 0.0945 e. The fourth-order valence-corrected chi connectivity index (χ4v) is 1.35. The molecule has 0 saturated heterocycles. The van der Waals surface area contributed by atoms with Crippen LogP contribution in [0.15, 0.2) is 24.3 Å². The van der Waals surface area contributed by atoms with Crippen LogP contribution in [0.4, 0.5) is 5.69 Å². The quantitative estimate of drug-likeness (QED) is 0.749. The van der Waals surface area contributed by atoms with Crippen LogP contribution in [0, 0.1) is 0 Å². The normalized spacial score (nSPS) is 12.5. The Kier molecular flexibility index (Phi) is 5.15. The summed E-state index contributed by atoms with van der Waals surface area (Å²) in [5.74, 6) is 0. The van der Waals surface area contributed by atoms with E-state index in [0.29, 0.717) is 13.2 Å². The van der Waals surface area contributed by atoms with E-state index in [1.165, 1.54) is 5.56 Å². The highest BCUT2D eigenvalue weighted by atomic mass is 16.5. The van der Waals surface area contributed by atoms with Gasteiger partial charge in [0.1, 0.15) is 0 Å². The molecule has 0 aliphatic rings. The van der Waals surface area contributed by atoms with Gasteiger partial charge in [0.25, 0.3) is 0 Å². The fraction of sp³-hybridized carbons (Fsp3) is 0.500. The van der Waals surface area contributed by atoms with Gasteiger partial charge in [-0.05, 0) is 24.1 Å². The highest BCUT2D eigenvalue weighted by Gasteiger charge is 2.02. The van der Waals surface area contributed by atoms with Crippen LogP contribution in [0.1, 0.15) is 12.5 Å². The summed E-state index contributed by atoms with van der Waals surface area (Å²) in [6, 6.07) is 8.23. The predicted octanol–water partition coefficient (Wildman–Crippen LogP) is 1.67. The SMILES string of the molecule is CCc1ccc(NCC(O)COC)cc1. The van der Waals surface area contributed by atoms with Gasteiger partial charge >= 0.3 is 0 Å². The van der Waals surface area contributed by atoms with Crippen molar-refractivity contribution in [2.24, 2.45) is 0 Å². The van der Waals surface area contributed by atoms with Gasteiger partial charge in [0.15, 0.2) is 0 Å². The summed E-state index contributed by atoms with van der Waals surface area (Å²) in [6.45, 7) is 3.00. The van der Waals surface area contributed by atoms with Gasteiger partial charge in [0, 0.05) is 19.3 Å². The molecule has 0 aliphatic heterocycles. The maximum atomic E-state index is 9.42. The van der Waals surface area contributed by atoms with Crippen LogP contribution in [0.2, 0.25) is 0 Å². The lowest BCUT2D eigenvalue weighted by atomic mass is 10.1. The first-order valence-electron chi connectivity index (χ1n) is 5.26. The Morgan fingerprint density at radius 1 is 1.33 bits per heavy atom. The maximum absolute atomic E-state index is 9.42. The summed E-state index contributed by atoms with van der Waals surface area (Å²) in [5.41, 5.74) is 2.35. The van der Waals surface area contributed by atoms with Crippen LogP contribution in [-0.2, 0) is 11.2 Å². The number of anilines is 1. The standard InChI is InChI=1S/C12H19NO2/c1-3-10-4-6-11(7-5-10)13-8-12(14)9-15-2/h4-7,12-14H,3,8-9H2,1-2H3. The summed E-state index contributed by atoms with van der Waals surface area (Å²) in [6.07, 6.45) is 0.591. The molecular formula is C12H19NO2. The van der Waals surface area contributed by atoms with Gasteiger partial charge < -0.3 is 15.2 Å². The first-order valence-corrected chi connectivity index (χ1v) is 5.26. The van der Waals surface area contributed by atoms with Gasteiger partial charge in [-0.3, -0.25) is 0 Å². The molecule has 0 fully saturated rings. The molecule has 1 unspecified atom stereocenters. The minimum atomic E-state index is -0.458. The van der Waals surface area contributed by atoms with Gasteiger partial charge in [-0.15, -0.1) is 0 Å². The zero-order valence-electron chi connectivity index (χ0n) is 9.36. The van der Waals surface area contributed by atoms with E-state index in [1.807, 2.05) is 12.1 Å². The molecule has 0 heterocycles. The van der Waals surface area contributed by atoms with E-state index in [0.717, 1.165) is 12.1 Å². The van der Waals surface area contributed by atoms with Crippen molar-refractivity contribution in [3.63, 3.8) is 0 Å². The van der Waals surface area contributed by atoms with Crippen molar-refractivity contribution < 1.29 is 9.84 Å². The molecule has 0 radical (unpaired) electrons. The molecule has 84 valence electrons. The van der Waals surface area contributed by atoms with E-state index < -0.39 is 6.10 Å². The average Bonchev–Trinajstić information content (AvgIpc) is 2.27. The van der Waals surface area contributed by atoms with E-state index in [2.05, 4.69) is 24.4 Å². The van der Waals surface area contributed by atoms with Crippen molar-refractivity contribution in [3.05, 3.63) is 29.8 Å². The lowest BCUT2D eigenvalue weighted by Crippen LogP contribution is -2.24. The van der Waals surface area contributed by atoms with E-state index in [9.17, 15) is 5.11 Å². The lowest BCUT2D eigenvalue weighted by molar-refractivity contribution is 0.0727. The molecule has 0 spiro atoms. The number of aliphatic hydroxyl groups excluding tert-OH is 1. The first-order chi connectivity index (χ1) is 7.26. The largest absolute Gasteiger partial charge is 0.389 e. The van der Waals surface area contributed by atoms with Gasteiger partial charge in [-0.1, -0.05) is 19.1 Å². The Labute approximate surface area is 91.1 Å². The monoisotopic (exact) mass is 209 g/mol. The first kappa shape index (κ1) is 12.0. The van der Waals surface area contributed by atoms with Crippen molar-refractivity contribution in [2.45, 2.75) is 19.4 Å². The fourth-order valence-electron chi connectivity index (χ4n) is 1.35. The number of benzene rings is 1. The number of aliphatic hydroxyl groups is 1. The molecular weight excluding hydrogens is 190 g/mol. The van der Waals surface area contributed by atoms with E-state index in [4.69, 9.17) is 4.74 Å². The number of ether oxygens (including phenoxy) is 1. The van der Waals surface area contributed by atoms with E-state index >= 15 is 0 Å². The highest BCUT2D eigenvalue weighted by Crippen LogP contribution is 2.09.